The monoisotopic (exact) mass is 379 g/mol. The summed E-state index contributed by atoms with van der Waals surface area (Å²) in [6.45, 7) is 0.595. The van der Waals surface area contributed by atoms with Crippen molar-refractivity contribution in [3.8, 4) is 17.2 Å². The molecule has 144 valence electrons. The highest BCUT2D eigenvalue weighted by Crippen LogP contribution is 2.39. The fourth-order valence-electron chi connectivity index (χ4n) is 3.56. The first kappa shape index (κ1) is 17.9. The average molecular weight is 379 g/mol. The van der Waals surface area contributed by atoms with Gasteiger partial charge in [-0.1, -0.05) is 0 Å². The molecule has 0 saturated carbocycles. The number of nitrogen functional groups attached to an aromatic ring is 1. The van der Waals surface area contributed by atoms with Gasteiger partial charge in [-0.15, -0.1) is 0 Å². The second-order valence-electron chi connectivity index (χ2n) is 6.55. The van der Waals surface area contributed by atoms with Crippen LogP contribution in [0.1, 0.15) is 17.8 Å². The SMILES string of the molecule is COc1cc(/C=C2\CCn3c2nc2cc(N)ccc2c3=O)cc(OC)c1OC. The number of nitrogens with zero attached hydrogens (tertiary/aromatic N) is 2. The molecule has 0 spiro atoms. The van der Waals surface area contributed by atoms with Crippen LogP contribution in [0.4, 0.5) is 5.69 Å². The summed E-state index contributed by atoms with van der Waals surface area (Å²) in [7, 11) is 4.73. The molecule has 1 aliphatic rings. The lowest BCUT2D eigenvalue weighted by Crippen LogP contribution is -2.20. The molecule has 7 nitrogen and oxygen atoms in total. The van der Waals surface area contributed by atoms with Crippen molar-refractivity contribution < 1.29 is 14.2 Å². The Labute approximate surface area is 162 Å². The minimum Gasteiger partial charge on any atom is -0.493 e. The van der Waals surface area contributed by atoms with Gasteiger partial charge >= 0.3 is 0 Å². The number of fused-ring (bicyclic) bond motifs is 2. The molecule has 2 heterocycles. The molecule has 0 saturated heterocycles. The van der Waals surface area contributed by atoms with Crippen LogP contribution in [0.25, 0.3) is 22.6 Å². The number of aromatic nitrogens is 2. The van der Waals surface area contributed by atoms with E-state index in [2.05, 4.69) is 0 Å². The van der Waals surface area contributed by atoms with Crippen LogP contribution in [-0.2, 0) is 6.54 Å². The first-order valence-corrected chi connectivity index (χ1v) is 8.86. The minimum absolute atomic E-state index is 0.0479. The summed E-state index contributed by atoms with van der Waals surface area (Å²) in [6.07, 6.45) is 2.71. The van der Waals surface area contributed by atoms with Crippen LogP contribution in [0.2, 0.25) is 0 Å². The molecule has 0 unspecified atom stereocenters. The van der Waals surface area contributed by atoms with Crippen molar-refractivity contribution in [1.82, 2.24) is 9.55 Å². The van der Waals surface area contributed by atoms with Crippen molar-refractivity contribution in [2.75, 3.05) is 27.1 Å². The van der Waals surface area contributed by atoms with Crippen LogP contribution in [0.5, 0.6) is 17.2 Å². The largest absolute Gasteiger partial charge is 0.493 e. The molecule has 0 aliphatic carbocycles. The van der Waals surface area contributed by atoms with Gasteiger partial charge in [0, 0.05) is 12.2 Å². The maximum Gasteiger partial charge on any atom is 0.261 e. The Balaban J connectivity index is 1.86. The zero-order valence-corrected chi connectivity index (χ0v) is 16.0. The molecule has 0 radical (unpaired) electrons. The molecule has 7 heteroatoms. The Kier molecular flexibility index (Phi) is 4.43. The molecular weight excluding hydrogens is 358 g/mol. The van der Waals surface area contributed by atoms with Crippen molar-refractivity contribution in [2.24, 2.45) is 0 Å². The zero-order chi connectivity index (χ0) is 19.8. The number of rotatable bonds is 4. The molecule has 0 amide bonds. The van der Waals surface area contributed by atoms with Crippen molar-refractivity contribution >= 4 is 28.2 Å². The maximum absolute atomic E-state index is 12.8. The number of hydrogen-bond donors (Lipinski definition) is 1. The quantitative estimate of drug-likeness (QED) is 0.701. The van der Waals surface area contributed by atoms with E-state index in [9.17, 15) is 4.79 Å². The second kappa shape index (κ2) is 6.92. The van der Waals surface area contributed by atoms with E-state index in [0.717, 1.165) is 11.1 Å². The second-order valence-corrected chi connectivity index (χ2v) is 6.55. The van der Waals surface area contributed by atoms with Crippen LogP contribution in [-0.4, -0.2) is 30.9 Å². The first-order valence-electron chi connectivity index (χ1n) is 8.86. The molecule has 2 N–H and O–H groups in total. The lowest BCUT2D eigenvalue weighted by Gasteiger charge is -2.13. The maximum atomic E-state index is 12.8. The van der Waals surface area contributed by atoms with E-state index in [1.807, 2.05) is 18.2 Å². The van der Waals surface area contributed by atoms with Gasteiger partial charge in [0.05, 0.1) is 32.2 Å². The Morgan fingerprint density at radius 2 is 1.79 bits per heavy atom. The minimum atomic E-state index is -0.0479. The van der Waals surface area contributed by atoms with Gasteiger partial charge < -0.3 is 19.9 Å². The molecule has 1 aliphatic heterocycles. The first-order chi connectivity index (χ1) is 13.5. The van der Waals surface area contributed by atoms with E-state index in [1.165, 1.54) is 0 Å². The number of nitrogens with two attached hydrogens (primary N) is 1. The number of ether oxygens (including phenoxy) is 3. The van der Waals surface area contributed by atoms with E-state index in [4.69, 9.17) is 24.9 Å². The summed E-state index contributed by atoms with van der Waals surface area (Å²) in [5.74, 6) is 2.35. The van der Waals surface area contributed by atoms with E-state index < -0.39 is 0 Å². The molecule has 2 aromatic carbocycles. The van der Waals surface area contributed by atoms with Gasteiger partial charge in [0.25, 0.3) is 5.56 Å². The standard InChI is InChI=1S/C21H21N3O4/c1-26-17-9-12(10-18(27-2)19(17)28-3)8-13-6-7-24-20(13)23-16-11-14(22)4-5-15(16)21(24)25/h4-5,8-11H,6-7,22H2,1-3H3/b13-8+. The lowest BCUT2D eigenvalue weighted by atomic mass is 10.1. The van der Waals surface area contributed by atoms with E-state index >= 15 is 0 Å². The fraction of sp³-hybridized carbons (Fsp3) is 0.238. The lowest BCUT2D eigenvalue weighted by molar-refractivity contribution is 0.324. The number of methoxy groups -OCH3 is 3. The third-order valence-corrected chi connectivity index (χ3v) is 4.90. The predicted octanol–water partition coefficient (Wildman–Crippen LogP) is 2.95. The van der Waals surface area contributed by atoms with Crippen molar-refractivity contribution in [1.29, 1.82) is 0 Å². The predicted molar refractivity (Wildman–Crippen MR) is 109 cm³/mol. The number of allylic oxidation sites excluding steroid dienone is 1. The summed E-state index contributed by atoms with van der Waals surface area (Å²) in [5.41, 5.74) is 8.85. The normalized spacial score (nSPS) is 14.3. The highest BCUT2D eigenvalue weighted by molar-refractivity contribution is 5.86. The van der Waals surface area contributed by atoms with Crippen LogP contribution in [0.3, 0.4) is 0 Å². The van der Waals surface area contributed by atoms with Crippen molar-refractivity contribution in [2.45, 2.75) is 13.0 Å². The van der Waals surface area contributed by atoms with Gasteiger partial charge in [-0.25, -0.2) is 4.98 Å². The van der Waals surface area contributed by atoms with Gasteiger partial charge in [-0.3, -0.25) is 9.36 Å². The number of benzene rings is 2. The van der Waals surface area contributed by atoms with E-state index in [1.54, 1.807) is 44.1 Å². The Morgan fingerprint density at radius 1 is 1.07 bits per heavy atom. The summed E-state index contributed by atoms with van der Waals surface area (Å²) in [6, 6.07) is 8.92. The Hall–Kier alpha value is -3.48. The molecule has 0 bridgehead atoms. The van der Waals surface area contributed by atoms with Gasteiger partial charge in [-0.05, 0) is 54.0 Å². The summed E-state index contributed by atoms with van der Waals surface area (Å²) < 4.78 is 17.9. The summed E-state index contributed by atoms with van der Waals surface area (Å²) in [4.78, 5) is 17.5. The molecule has 3 aromatic rings. The average Bonchev–Trinajstić information content (AvgIpc) is 3.09. The van der Waals surface area contributed by atoms with E-state index in [0.29, 0.717) is 52.6 Å². The third kappa shape index (κ3) is 2.85. The molecule has 1 aromatic heterocycles. The fourth-order valence-corrected chi connectivity index (χ4v) is 3.56. The van der Waals surface area contributed by atoms with E-state index in [-0.39, 0.29) is 5.56 Å². The zero-order valence-electron chi connectivity index (χ0n) is 16.0. The molecule has 0 atom stereocenters. The van der Waals surface area contributed by atoms with Crippen LogP contribution < -0.4 is 25.5 Å². The van der Waals surface area contributed by atoms with Gasteiger partial charge in [-0.2, -0.15) is 0 Å². The summed E-state index contributed by atoms with van der Waals surface area (Å²) >= 11 is 0. The van der Waals surface area contributed by atoms with Gasteiger partial charge in [0.2, 0.25) is 5.75 Å². The van der Waals surface area contributed by atoms with Crippen LogP contribution in [0, 0.1) is 0 Å². The van der Waals surface area contributed by atoms with Crippen molar-refractivity contribution in [3.05, 3.63) is 52.1 Å². The molecule has 0 fully saturated rings. The topological polar surface area (TPSA) is 88.6 Å². The van der Waals surface area contributed by atoms with Crippen LogP contribution >= 0.6 is 0 Å². The number of hydrogen-bond acceptors (Lipinski definition) is 6. The van der Waals surface area contributed by atoms with Crippen molar-refractivity contribution in [3.63, 3.8) is 0 Å². The Morgan fingerprint density at radius 3 is 2.43 bits per heavy atom. The highest BCUT2D eigenvalue weighted by Gasteiger charge is 2.21. The highest BCUT2D eigenvalue weighted by atomic mass is 16.5. The number of anilines is 1. The molecule has 4 rings (SSSR count). The smallest absolute Gasteiger partial charge is 0.261 e. The van der Waals surface area contributed by atoms with Gasteiger partial charge in [0.1, 0.15) is 5.82 Å². The molecule has 28 heavy (non-hydrogen) atoms. The third-order valence-electron chi connectivity index (χ3n) is 4.90. The Bertz CT molecular complexity index is 1140. The van der Waals surface area contributed by atoms with Crippen LogP contribution in [0.15, 0.2) is 35.1 Å². The molecular formula is C21H21N3O4. The van der Waals surface area contributed by atoms with Gasteiger partial charge in [0.15, 0.2) is 11.5 Å². The summed E-state index contributed by atoms with van der Waals surface area (Å²) in [5, 5.41) is 0.576.